The summed E-state index contributed by atoms with van der Waals surface area (Å²) in [6.45, 7) is 4.43. The van der Waals surface area contributed by atoms with Gasteiger partial charge in [-0.3, -0.25) is 4.90 Å². The first-order valence-corrected chi connectivity index (χ1v) is 8.93. The summed E-state index contributed by atoms with van der Waals surface area (Å²) >= 11 is 0. The molecule has 0 N–H and O–H groups in total. The molecule has 0 aliphatic carbocycles. The molecule has 3 aromatic rings. The number of benzene rings is 3. The van der Waals surface area contributed by atoms with E-state index in [1.807, 2.05) is 30.3 Å². The highest BCUT2D eigenvalue weighted by molar-refractivity contribution is 5.34. The van der Waals surface area contributed by atoms with E-state index >= 15 is 0 Å². The third-order valence-corrected chi connectivity index (χ3v) is 5.05. The second kappa shape index (κ2) is 7.12. The normalized spacial score (nSPS) is 15.4. The molecule has 1 heterocycles. The van der Waals surface area contributed by atoms with Gasteiger partial charge in [-0.05, 0) is 54.3 Å². The monoisotopic (exact) mass is 329 g/mol. The van der Waals surface area contributed by atoms with E-state index in [2.05, 4.69) is 60.4 Å². The molecule has 2 nitrogen and oxygen atoms in total. The molecule has 1 aliphatic rings. The van der Waals surface area contributed by atoms with Crippen LogP contribution in [0.1, 0.15) is 29.7 Å². The van der Waals surface area contributed by atoms with Gasteiger partial charge in [-0.15, -0.1) is 0 Å². The quantitative estimate of drug-likeness (QED) is 0.618. The van der Waals surface area contributed by atoms with Crippen LogP contribution in [0.5, 0.6) is 11.5 Å². The number of para-hydroxylation sites is 1. The fourth-order valence-electron chi connectivity index (χ4n) is 3.50. The molecular formula is C23H23NO. The number of ether oxygens (including phenoxy) is 1. The van der Waals surface area contributed by atoms with E-state index < -0.39 is 0 Å². The van der Waals surface area contributed by atoms with Gasteiger partial charge in [-0.1, -0.05) is 54.6 Å². The minimum Gasteiger partial charge on any atom is -0.457 e. The van der Waals surface area contributed by atoms with E-state index in [1.54, 1.807) is 0 Å². The summed E-state index contributed by atoms with van der Waals surface area (Å²) in [7, 11) is 0. The van der Waals surface area contributed by atoms with Gasteiger partial charge >= 0.3 is 0 Å². The lowest BCUT2D eigenvalue weighted by atomic mass is 9.97. The molecule has 0 saturated heterocycles. The maximum Gasteiger partial charge on any atom is 0.127 e. The lowest BCUT2D eigenvalue weighted by Crippen LogP contribution is -2.32. The number of hydrogen-bond acceptors (Lipinski definition) is 2. The van der Waals surface area contributed by atoms with Gasteiger partial charge in [-0.2, -0.15) is 0 Å². The summed E-state index contributed by atoms with van der Waals surface area (Å²) in [6.07, 6.45) is 1.13. The minimum atomic E-state index is 0.402. The van der Waals surface area contributed by atoms with E-state index in [4.69, 9.17) is 4.74 Å². The second-order valence-electron chi connectivity index (χ2n) is 6.65. The molecule has 0 spiro atoms. The summed E-state index contributed by atoms with van der Waals surface area (Å²) in [6, 6.07) is 27.6. The Balaban J connectivity index is 1.45. The van der Waals surface area contributed by atoms with Crippen LogP contribution in [-0.2, 0) is 13.0 Å². The molecule has 4 rings (SSSR count). The Morgan fingerprint density at radius 3 is 2.16 bits per heavy atom. The van der Waals surface area contributed by atoms with Crippen LogP contribution in [0, 0.1) is 0 Å². The van der Waals surface area contributed by atoms with Crippen LogP contribution in [0.3, 0.4) is 0 Å². The summed E-state index contributed by atoms with van der Waals surface area (Å²) in [5, 5.41) is 0. The fraction of sp³-hybridized carbons (Fsp3) is 0.217. The van der Waals surface area contributed by atoms with E-state index in [1.165, 1.54) is 16.7 Å². The van der Waals surface area contributed by atoms with Gasteiger partial charge in [0.2, 0.25) is 0 Å². The van der Waals surface area contributed by atoms with Crippen molar-refractivity contribution in [1.29, 1.82) is 0 Å². The van der Waals surface area contributed by atoms with E-state index in [9.17, 15) is 0 Å². The first kappa shape index (κ1) is 15.9. The third kappa shape index (κ3) is 3.59. The van der Waals surface area contributed by atoms with Gasteiger partial charge < -0.3 is 4.74 Å². The second-order valence-corrected chi connectivity index (χ2v) is 6.65. The molecule has 0 fully saturated rings. The van der Waals surface area contributed by atoms with Crippen LogP contribution >= 0.6 is 0 Å². The van der Waals surface area contributed by atoms with Crippen LogP contribution < -0.4 is 4.74 Å². The largest absolute Gasteiger partial charge is 0.457 e. The molecule has 0 aromatic heterocycles. The van der Waals surface area contributed by atoms with Gasteiger partial charge in [0.05, 0.1) is 0 Å². The molecular weight excluding hydrogens is 306 g/mol. The molecule has 25 heavy (non-hydrogen) atoms. The fourth-order valence-corrected chi connectivity index (χ4v) is 3.50. The van der Waals surface area contributed by atoms with Gasteiger partial charge in [0.15, 0.2) is 0 Å². The molecule has 126 valence electrons. The summed E-state index contributed by atoms with van der Waals surface area (Å²) in [4.78, 5) is 2.55. The Kier molecular flexibility index (Phi) is 4.53. The Hall–Kier alpha value is -2.58. The maximum absolute atomic E-state index is 5.89. The average molecular weight is 329 g/mol. The SMILES string of the molecule is CC(c1ccc(Oc2ccccc2)cc1)N1CCc2ccccc2C1. The summed E-state index contributed by atoms with van der Waals surface area (Å²) in [5.41, 5.74) is 4.29. The van der Waals surface area contributed by atoms with Crippen molar-refractivity contribution < 1.29 is 4.74 Å². The number of nitrogens with zero attached hydrogens (tertiary/aromatic N) is 1. The Bertz CT molecular complexity index is 826. The summed E-state index contributed by atoms with van der Waals surface area (Å²) < 4.78 is 5.89. The zero-order chi connectivity index (χ0) is 17.1. The molecule has 0 bridgehead atoms. The van der Waals surface area contributed by atoms with Crippen molar-refractivity contribution in [2.24, 2.45) is 0 Å². The third-order valence-electron chi connectivity index (χ3n) is 5.05. The van der Waals surface area contributed by atoms with Gasteiger partial charge in [0.25, 0.3) is 0 Å². The van der Waals surface area contributed by atoms with E-state index in [0.717, 1.165) is 31.0 Å². The van der Waals surface area contributed by atoms with Crippen LogP contribution in [0.2, 0.25) is 0 Å². The highest BCUT2D eigenvalue weighted by Gasteiger charge is 2.21. The van der Waals surface area contributed by atoms with Crippen LogP contribution in [0.15, 0.2) is 78.9 Å². The lowest BCUT2D eigenvalue weighted by Gasteiger charge is -2.34. The molecule has 0 saturated carbocycles. The maximum atomic E-state index is 5.89. The Morgan fingerprint density at radius 2 is 1.40 bits per heavy atom. The van der Waals surface area contributed by atoms with Crippen LogP contribution in [0.25, 0.3) is 0 Å². The van der Waals surface area contributed by atoms with Gasteiger partial charge in [-0.25, -0.2) is 0 Å². The number of hydrogen-bond donors (Lipinski definition) is 0. The Morgan fingerprint density at radius 1 is 0.760 bits per heavy atom. The van der Waals surface area contributed by atoms with E-state index in [0.29, 0.717) is 6.04 Å². The van der Waals surface area contributed by atoms with Crippen molar-refractivity contribution in [3.05, 3.63) is 95.6 Å². The van der Waals surface area contributed by atoms with E-state index in [-0.39, 0.29) is 0 Å². The van der Waals surface area contributed by atoms with Crippen molar-refractivity contribution in [3.63, 3.8) is 0 Å². The summed E-state index contributed by atoms with van der Waals surface area (Å²) in [5.74, 6) is 1.75. The molecule has 0 radical (unpaired) electrons. The first-order valence-electron chi connectivity index (χ1n) is 8.93. The molecule has 1 unspecified atom stereocenters. The number of rotatable bonds is 4. The molecule has 1 atom stereocenters. The Labute approximate surface area is 149 Å². The van der Waals surface area contributed by atoms with Gasteiger partial charge in [0, 0.05) is 19.1 Å². The highest BCUT2D eigenvalue weighted by Crippen LogP contribution is 2.29. The van der Waals surface area contributed by atoms with Crippen molar-refractivity contribution in [2.75, 3.05) is 6.54 Å². The molecule has 2 heteroatoms. The standard InChI is InChI=1S/C23H23NO/c1-18(24-16-15-20-7-5-6-8-21(20)17-24)19-11-13-23(14-12-19)25-22-9-3-2-4-10-22/h2-14,18H,15-17H2,1H3. The van der Waals surface area contributed by atoms with Crippen LogP contribution in [0.4, 0.5) is 0 Å². The van der Waals surface area contributed by atoms with Crippen molar-refractivity contribution >= 4 is 0 Å². The molecule has 1 aliphatic heterocycles. The predicted octanol–water partition coefficient (Wildman–Crippen LogP) is 5.60. The van der Waals surface area contributed by atoms with Crippen LogP contribution in [-0.4, -0.2) is 11.4 Å². The van der Waals surface area contributed by atoms with Gasteiger partial charge in [0.1, 0.15) is 11.5 Å². The highest BCUT2D eigenvalue weighted by atomic mass is 16.5. The molecule has 0 amide bonds. The smallest absolute Gasteiger partial charge is 0.127 e. The van der Waals surface area contributed by atoms with Crippen molar-refractivity contribution in [1.82, 2.24) is 4.90 Å². The minimum absolute atomic E-state index is 0.402. The van der Waals surface area contributed by atoms with Crippen molar-refractivity contribution in [3.8, 4) is 11.5 Å². The molecule has 3 aromatic carbocycles. The predicted molar refractivity (Wildman–Crippen MR) is 102 cm³/mol. The lowest BCUT2D eigenvalue weighted by molar-refractivity contribution is 0.192. The first-order chi connectivity index (χ1) is 12.3. The number of fused-ring (bicyclic) bond motifs is 1. The topological polar surface area (TPSA) is 12.5 Å². The zero-order valence-corrected chi connectivity index (χ0v) is 14.6. The van der Waals surface area contributed by atoms with Crippen molar-refractivity contribution in [2.45, 2.75) is 25.9 Å². The average Bonchev–Trinajstić information content (AvgIpc) is 2.68. The zero-order valence-electron chi connectivity index (χ0n) is 14.6.